The monoisotopic (exact) mass is 604 g/mol. The summed E-state index contributed by atoms with van der Waals surface area (Å²) in [6.45, 7) is 3.13. The number of esters is 2. The molecule has 0 fully saturated rings. The third kappa shape index (κ3) is 14.4. The normalized spacial score (nSPS) is 11.0. The average molecular weight is 605 g/mol. The first-order valence-electron chi connectivity index (χ1n) is 15.7. The van der Waals surface area contributed by atoms with Gasteiger partial charge < -0.3 is 14.2 Å². The van der Waals surface area contributed by atoms with Crippen molar-refractivity contribution >= 4 is 29.6 Å². The van der Waals surface area contributed by atoms with Crippen molar-refractivity contribution in [3.63, 3.8) is 0 Å². The molecule has 5 nitrogen and oxygen atoms in total. The van der Waals surface area contributed by atoms with Crippen molar-refractivity contribution in [1.29, 1.82) is 0 Å². The molecule has 0 aromatic heterocycles. The molecule has 3 aromatic rings. The quantitative estimate of drug-likeness (QED) is 0.0555. The predicted octanol–water partition coefficient (Wildman–Crippen LogP) is 10.4. The minimum absolute atomic E-state index is 0.143. The number of hydrogen-bond acceptors (Lipinski definition) is 5. The molecule has 0 atom stereocenters. The van der Waals surface area contributed by atoms with Gasteiger partial charge in [0.05, 0.1) is 12.2 Å². The molecule has 230 valence electrons. The van der Waals surface area contributed by atoms with E-state index in [-0.39, 0.29) is 6.61 Å². The molecule has 0 aliphatic carbocycles. The molecule has 3 aromatic carbocycles. The Morgan fingerprint density at radius 1 is 0.674 bits per heavy atom. The van der Waals surface area contributed by atoms with Gasteiger partial charge in [0, 0.05) is 11.1 Å². The molecule has 6 heteroatoms. The first-order chi connectivity index (χ1) is 21.0. The fourth-order valence-electron chi connectivity index (χ4n) is 4.59. The predicted molar refractivity (Wildman–Crippen MR) is 175 cm³/mol. The van der Waals surface area contributed by atoms with Crippen LogP contribution in [0.25, 0.3) is 6.08 Å². The first-order valence-corrected chi connectivity index (χ1v) is 16.1. The van der Waals surface area contributed by atoms with Crippen LogP contribution in [0, 0.1) is 0 Å². The zero-order valence-corrected chi connectivity index (χ0v) is 26.2. The Kier molecular flexibility index (Phi) is 16.1. The van der Waals surface area contributed by atoms with Gasteiger partial charge in [-0.2, -0.15) is 0 Å². The fourth-order valence-corrected chi connectivity index (χ4v) is 4.72. The van der Waals surface area contributed by atoms with Crippen LogP contribution in [0.5, 0.6) is 11.5 Å². The molecule has 0 radical (unpaired) electrons. The lowest BCUT2D eigenvalue weighted by molar-refractivity contribution is -0.128. The van der Waals surface area contributed by atoms with Crippen molar-refractivity contribution in [2.75, 3.05) is 6.61 Å². The molecular weight excluding hydrogens is 560 g/mol. The van der Waals surface area contributed by atoms with Crippen molar-refractivity contribution in [1.82, 2.24) is 0 Å². The van der Waals surface area contributed by atoms with E-state index in [9.17, 15) is 9.59 Å². The summed E-state index contributed by atoms with van der Waals surface area (Å²) in [7, 11) is 0. The van der Waals surface area contributed by atoms with Crippen LogP contribution in [-0.4, -0.2) is 18.5 Å². The Morgan fingerprint density at radius 2 is 1.23 bits per heavy atom. The van der Waals surface area contributed by atoms with Crippen LogP contribution in [-0.2, 0) is 16.1 Å². The Labute approximate surface area is 262 Å². The molecule has 43 heavy (non-hydrogen) atoms. The van der Waals surface area contributed by atoms with E-state index in [0.717, 1.165) is 29.9 Å². The van der Waals surface area contributed by atoms with E-state index >= 15 is 0 Å². The third-order valence-corrected chi connectivity index (χ3v) is 7.40. The van der Waals surface area contributed by atoms with Gasteiger partial charge in [-0.1, -0.05) is 113 Å². The third-order valence-electron chi connectivity index (χ3n) is 7.15. The maximum absolute atomic E-state index is 12.3. The lowest BCUT2D eigenvalue weighted by Crippen LogP contribution is -2.06. The Bertz CT molecular complexity index is 1230. The summed E-state index contributed by atoms with van der Waals surface area (Å²) in [5, 5.41) is 0.623. The standard InChI is InChI=1S/C37H45ClO5/c1-2-3-4-5-6-7-8-9-10-11-12-13-28-41-34-23-16-30(17-24-34)18-27-36(39)43-35-25-19-32(20-26-35)37(40)42-29-31-14-21-33(38)22-15-31/h14-27H,2-13,28-29H2,1H3/b27-18+. The van der Waals surface area contributed by atoms with Crippen LogP contribution in [0.15, 0.2) is 78.9 Å². The zero-order valence-electron chi connectivity index (χ0n) is 25.4. The number of benzene rings is 3. The molecule has 0 aliphatic heterocycles. The molecule has 0 N–H and O–H groups in total. The van der Waals surface area contributed by atoms with Crippen LogP contribution in [0.1, 0.15) is 105 Å². The van der Waals surface area contributed by atoms with E-state index in [4.69, 9.17) is 25.8 Å². The SMILES string of the molecule is CCCCCCCCCCCCCCOc1ccc(/C=C/C(=O)Oc2ccc(C(=O)OCc3ccc(Cl)cc3)cc2)cc1. The average Bonchev–Trinajstić information content (AvgIpc) is 3.03. The molecule has 0 unspecified atom stereocenters. The molecule has 0 bridgehead atoms. The van der Waals surface area contributed by atoms with Gasteiger partial charge in [0.15, 0.2) is 0 Å². The lowest BCUT2D eigenvalue weighted by atomic mass is 10.1. The van der Waals surface area contributed by atoms with Crippen molar-refractivity contribution in [3.8, 4) is 11.5 Å². The minimum Gasteiger partial charge on any atom is -0.494 e. The van der Waals surface area contributed by atoms with Gasteiger partial charge in [0.1, 0.15) is 18.1 Å². The van der Waals surface area contributed by atoms with Gasteiger partial charge in [-0.15, -0.1) is 0 Å². The largest absolute Gasteiger partial charge is 0.494 e. The number of hydrogen-bond donors (Lipinski definition) is 0. The highest BCUT2D eigenvalue weighted by Crippen LogP contribution is 2.17. The van der Waals surface area contributed by atoms with Gasteiger partial charge in [-0.3, -0.25) is 0 Å². The molecule has 3 rings (SSSR count). The van der Waals surface area contributed by atoms with Crippen molar-refractivity contribution in [2.24, 2.45) is 0 Å². The number of rotatable bonds is 20. The number of carbonyl (C=O) groups excluding carboxylic acids is 2. The zero-order chi connectivity index (χ0) is 30.5. The van der Waals surface area contributed by atoms with Crippen LogP contribution in [0.4, 0.5) is 0 Å². The van der Waals surface area contributed by atoms with Gasteiger partial charge in [-0.25, -0.2) is 9.59 Å². The summed E-state index contributed by atoms with van der Waals surface area (Å²) in [6.07, 6.45) is 19.0. The van der Waals surface area contributed by atoms with E-state index in [0.29, 0.717) is 16.3 Å². The second kappa shape index (κ2) is 20.4. The second-order valence-electron chi connectivity index (χ2n) is 10.8. The first kappa shape index (κ1) is 33.9. The number of ether oxygens (including phenoxy) is 3. The van der Waals surface area contributed by atoms with E-state index in [2.05, 4.69) is 6.92 Å². The highest BCUT2D eigenvalue weighted by Gasteiger charge is 2.09. The van der Waals surface area contributed by atoms with Crippen LogP contribution in [0.2, 0.25) is 5.02 Å². The van der Waals surface area contributed by atoms with Crippen molar-refractivity contribution < 1.29 is 23.8 Å². The van der Waals surface area contributed by atoms with Gasteiger partial charge >= 0.3 is 11.9 Å². The lowest BCUT2D eigenvalue weighted by Gasteiger charge is -2.07. The molecule has 0 spiro atoms. The molecule has 0 saturated heterocycles. The van der Waals surface area contributed by atoms with Crippen LogP contribution < -0.4 is 9.47 Å². The Balaban J connectivity index is 1.26. The highest BCUT2D eigenvalue weighted by atomic mass is 35.5. The van der Waals surface area contributed by atoms with Crippen molar-refractivity contribution in [3.05, 3.63) is 101 Å². The summed E-state index contributed by atoms with van der Waals surface area (Å²) in [5.74, 6) is 0.194. The second-order valence-corrected chi connectivity index (χ2v) is 11.2. The smallest absolute Gasteiger partial charge is 0.338 e. The maximum Gasteiger partial charge on any atom is 0.338 e. The molecular formula is C37H45ClO5. The van der Waals surface area contributed by atoms with Crippen molar-refractivity contribution in [2.45, 2.75) is 90.6 Å². The Hall–Kier alpha value is -3.57. The van der Waals surface area contributed by atoms with Crippen LogP contribution >= 0.6 is 11.6 Å². The van der Waals surface area contributed by atoms with E-state index in [1.165, 1.54) is 76.7 Å². The molecule has 0 heterocycles. The number of carbonyl (C=O) groups is 2. The maximum atomic E-state index is 12.3. The van der Waals surface area contributed by atoms with E-state index in [1.807, 2.05) is 24.3 Å². The summed E-state index contributed by atoms with van der Waals surface area (Å²) in [5.41, 5.74) is 2.07. The van der Waals surface area contributed by atoms with Gasteiger partial charge in [0.25, 0.3) is 0 Å². The molecule has 0 amide bonds. The topological polar surface area (TPSA) is 61.8 Å². The summed E-state index contributed by atoms with van der Waals surface area (Å²) < 4.78 is 16.5. The molecule has 0 saturated carbocycles. The fraction of sp³-hybridized carbons (Fsp3) is 0.405. The van der Waals surface area contributed by atoms with Gasteiger partial charge in [0.2, 0.25) is 0 Å². The van der Waals surface area contributed by atoms with E-state index < -0.39 is 11.9 Å². The molecule has 0 aliphatic rings. The summed E-state index contributed by atoms with van der Waals surface area (Å²) >= 11 is 5.87. The van der Waals surface area contributed by atoms with E-state index in [1.54, 1.807) is 54.6 Å². The summed E-state index contributed by atoms with van der Waals surface area (Å²) in [6, 6.07) is 21.0. The van der Waals surface area contributed by atoms with Gasteiger partial charge in [-0.05, 0) is 72.2 Å². The highest BCUT2D eigenvalue weighted by molar-refractivity contribution is 6.30. The Morgan fingerprint density at radius 3 is 1.84 bits per heavy atom. The minimum atomic E-state index is -0.509. The number of unbranched alkanes of at least 4 members (excludes halogenated alkanes) is 11. The number of halogens is 1. The summed E-state index contributed by atoms with van der Waals surface area (Å²) in [4.78, 5) is 24.6. The van der Waals surface area contributed by atoms with Crippen LogP contribution in [0.3, 0.4) is 0 Å².